The SMILES string of the molecule is Cc1cccc(CNC(=O)[C@H]2CC(=O)N(c3ccccc3C)C2)c1. The second-order valence-corrected chi connectivity index (χ2v) is 6.40. The van der Waals surface area contributed by atoms with Crippen molar-refractivity contribution >= 4 is 17.5 Å². The molecule has 4 heteroatoms. The van der Waals surface area contributed by atoms with Gasteiger partial charge in [-0.15, -0.1) is 0 Å². The molecule has 1 aliphatic heterocycles. The molecule has 3 rings (SSSR count). The van der Waals surface area contributed by atoms with Crippen LogP contribution in [0.2, 0.25) is 0 Å². The van der Waals surface area contributed by atoms with E-state index in [2.05, 4.69) is 11.4 Å². The Bertz CT molecular complexity index is 770. The van der Waals surface area contributed by atoms with Gasteiger partial charge >= 0.3 is 0 Å². The van der Waals surface area contributed by atoms with E-state index in [1.165, 1.54) is 5.56 Å². The van der Waals surface area contributed by atoms with Crippen LogP contribution in [0, 0.1) is 19.8 Å². The molecule has 0 spiro atoms. The highest BCUT2D eigenvalue weighted by atomic mass is 16.2. The average molecular weight is 322 g/mol. The van der Waals surface area contributed by atoms with Crippen molar-refractivity contribution in [2.75, 3.05) is 11.4 Å². The largest absolute Gasteiger partial charge is 0.352 e. The maximum atomic E-state index is 12.4. The Balaban J connectivity index is 1.63. The van der Waals surface area contributed by atoms with Crippen molar-refractivity contribution in [2.45, 2.75) is 26.8 Å². The molecule has 1 saturated heterocycles. The van der Waals surface area contributed by atoms with Crippen LogP contribution in [-0.4, -0.2) is 18.4 Å². The van der Waals surface area contributed by atoms with Crippen molar-refractivity contribution in [1.82, 2.24) is 5.32 Å². The monoisotopic (exact) mass is 322 g/mol. The number of hydrogen-bond donors (Lipinski definition) is 1. The summed E-state index contributed by atoms with van der Waals surface area (Å²) in [6.45, 7) is 4.95. The first-order valence-corrected chi connectivity index (χ1v) is 8.24. The van der Waals surface area contributed by atoms with E-state index in [4.69, 9.17) is 0 Å². The lowest BCUT2D eigenvalue weighted by atomic mass is 10.1. The second-order valence-electron chi connectivity index (χ2n) is 6.40. The molecule has 0 aliphatic carbocycles. The first-order valence-electron chi connectivity index (χ1n) is 8.24. The molecule has 0 unspecified atom stereocenters. The van der Waals surface area contributed by atoms with Gasteiger partial charge in [0.1, 0.15) is 0 Å². The molecule has 0 bridgehead atoms. The van der Waals surface area contributed by atoms with Gasteiger partial charge in [-0.25, -0.2) is 0 Å². The highest BCUT2D eigenvalue weighted by Crippen LogP contribution is 2.27. The summed E-state index contributed by atoms with van der Waals surface area (Å²) in [5.41, 5.74) is 4.19. The van der Waals surface area contributed by atoms with Crippen LogP contribution in [0.15, 0.2) is 48.5 Å². The Morgan fingerprint density at radius 2 is 1.96 bits per heavy atom. The summed E-state index contributed by atoms with van der Waals surface area (Å²) >= 11 is 0. The number of carbonyl (C=O) groups excluding carboxylic acids is 2. The van der Waals surface area contributed by atoms with Crippen molar-refractivity contribution < 1.29 is 9.59 Å². The minimum Gasteiger partial charge on any atom is -0.352 e. The number of carbonyl (C=O) groups is 2. The first-order chi connectivity index (χ1) is 11.5. The molecule has 1 atom stereocenters. The number of anilines is 1. The third-order valence-corrected chi connectivity index (χ3v) is 4.45. The number of nitrogens with one attached hydrogen (secondary N) is 1. The van der Waals surface area contributed by atoms with Crippen LogP contribution in [0.5, 0.6) is 0 Å². The topological polar surface area (TPSA) is 49.4 Å². The lowest BCUT2D eigenvalue weighted by Crippen LogP contribution is -2.32. The van der Waals surface area contributed by atoms with Gasteiger partial charge in [0, 0.05) is 25.2 Å². The average Bonchev–Trinajstić information content (AvgIpc) is 2.95. The number of para-hydroxylation sites is 1. The van der Waals surface area contributed by atoms with Crippen molar-refractivity contribution in [1.29, 1.82) is 0 Å². The van der Waals surface area contributed by atoms with E-state index in [0.29, 0.717) is 13.1 Å². The Morgan fingerprint density at radius 1 is 1.17 bits per heavy atom. The van der Waals surface area contributed by atoms with E-state index in [1.54, 1.807) is 4.90 Å². The molecule has 1 N–H and O–H groups in total. The van der Waals surface area contributed by atoms with Crippen LogP contribution in [0.1, 0.15) is 23.1 Å². The summed E-state index contributed by atoms with van der Waals surface area (Å²) in [7, 11) is 0. The maximum Gasteiger partial charge on any atom is 0.227 e. The predicted molar refractivity (Wildman–Crippen MR) is 94.7 cm³/mol. The van der Waals surface area contributed by atoms with Gasteiger partial charge in [-0.05, 0) is 31.0 Å². The van der Waals surface area contributed by atoms with Crippen molar-refractivity contribution in [3.8, 4) is 0 Å². The summed E-state index contributed by atoms with van der Waals surface area (Å²) < 4.78 is 0. The molecular formula is C20H22N2O2. The molecule has 0 radical (unpaired) electrons. The summed E-state index contributed by atoms with van der Waals surface area (Å²) in [6, 6.07) is 15.8. The number of hydrogen-bond acceptors (Lipinski definition) is 2. The number of aryl methyl sites for hydroxylation is 2. The van der Waals surface area contributed by atoms with Crippen LogP contribution in [0.4, 0.5) is 5.69 Å². The number of benzene rings is 2. The Kier molecular flexibility index (Phi) is 4.65. The first kappa shape index (κ1) is 16.2. The van der Waals surface area contributed by atoms with E-state index in [1.807, 2.05) is 56.3 Å². The number of amides is 2. The van der Waals surface area contributed by atoms with Crippen LogP contribution in [0.25, 0.3) is 0 Å². The zero-order chi connectivity index (χ0) is 17.1. The standard InChI is InChI=1S/C20H22N2O2/c1-14-6-5-8-16(10-14)12-21-20(24)17-11-19(23)22(13-17)18-9-4-3-7-15(18)2/h3-10,17H,11-13H2,1-2H3,(H,21,24)/t17-/m0/s1. The molecule has 0 aromatic heterocycles. The molecule has 2 aromatic carbocycles. The van der Waals surface area contributed by atoms with Crippen LogP contribution in [-0.2, 0) is 16.1 Å². The second kappa shape index (κ2) is 6.87. The highest BCUT2D eigenvalue weighted by molar-refractivity contribution is 6.00. The minimum atomic E-state index is -0.290. The van der Waals surface area contributed by atoms with Gasteiger partial charge in [-0.2, -0.15) is 0 Å². The Hall–Kier alpha value is -2.62. The van der Waals surface area contributed by atoms with Crippen LogP contribution < -0.4 is 10.2 Å². The van der Waals surface area contributed by atoms with E-state index in [-0.39, 0.29) is 24.2 Å². The van der Waals surface area contributed by atoms with Gasteiger partial charge in [0.15, 0.2) is 0 Å². The van der Waals surface area contributed by atoms with Crippen LogP contribution in [0.3, 0.4) is 0 Å². The van der Waals surface area contributed by atoms with Gasteiger partial charge in [-0.3, -0.25) is 9.59 Å². The van der Waals surface area contributed by atoms with Gasteiger partial charge in [-0.1, -0.05) is 48.0 Å². The predicted octanol–water partition coefficient (Wildman–Crippen LogP) is 2.97. The normalized spacial score (nSPS) is 17.2. The zero-order valence-electron chi connectivity index (χ0n) is 14.1. The van der Waals surface area contributed by atoms with Crippen LogP contribution >= 0.6 is 0 Å². The van der Waals surface area contributed by atoms with Gasteiger partial charge < -0.3 is 10.2 Å². The Labute approximate surface area is 142 Å². The minimum absolute atomic E-state index is 0.0139. The molecular weight excluding hydrogens is 300 g/mol. The summed E-state index contributed by atoms with van der Waals surface area (Å²) in [4.78, 5) is 26.5. The fourth-order valence-corrected chi connectivity index (χ4v) is 3.14. The molecule has 24 heavy (non-hydrogen) atoms. The molecule has 1 fully saturated rings. The van der Waals surface area contributed by atoms with Crippen molar-refractivity contribution in [3.05, 3.63) is 65.2 Å². The fraction of sp³-hybridized carbons (Fsp3) is 0.300. The molecule has 2 aromatic rings. The van der Waals surface area contributed by atoms with Crippen molar-refractivity contribution in [2.24, 2.45) is 5.92 Å². The van der Waals surface area contributed by atoms with E-state index < -0.39 is 0 Å². The smallest absolute Gasteiger partial charge is 0.227 e. The zero-order valence-corrected chi connectivity index (χ0v) is 14.1. The summed E-state index contributed by atoms with van der Waals surface area (Å²) in [6.07, 6.45) is 0.272. The summed E-state index contributed by atoms with van der Waals surface area (Å²) in [5.74, 6) is -0.331. The Morgan fingerprint density at radius 3 is 2.71 bits per heavy atom. The maximum absolute atomic E-state index is 12.4. The molecule has 1 aliphatic rings. The van der Waals surface area contributed by atoms with Gasteiger partial charge in [0.2, 0.25) is 11.8 Å². The van der Waals surface area contributed by atoms with E-state index >= 15 is 0 Å². The third-order valence-electron chi connectivity index (χ3n) is 4.45. The third kappa shape index (κ3) is 3.48. The molecule has 124 valence electrons. The summed E-state index contributed by atoms with van der Waals surface area (Å²) in [5, 5.41) is 2.96. The number of nitrogens with zero attached hydrogens (tertiary/aromatic N) is 1. The molecule has 0 saturated carbocycles. The lowest BCUT2D eigenvalue weighted by molar-refractivity contribution is -0.126. The molecule has 2 amide bonds. The van der Waals surface area contributed by atoms with Crippen molar-refractivity contribution in [3.63, 3.8) is 0 Å². The molecule has 4 nitrogen and oxygen atoms in total. The van der Waals surface area contributed by atoms with E-state index in [9.17, 15) is 9.59 Å². The lowest BCUT2D eigenvalue weighted by Gasteiger charge is -2.19. The molecule has 1 heterocycles. The van der Waals surface area contributed by atoms with E-state index in [0.717, 1.165) is 16.8 Å². The fourth-order valence-electron chi connectivity index (χ4n) is 3.14. The number of rotatable bonds is 4. The highest BCUT2D eigenvalue weighted by Gasteiger charge is 2.35. The quantitative estimate of drug-likeness (QED) is 0.941. The van der Waals surface area contributed by atoms with Gasteiger partial charge in [0.25, 0.3) is 0 Å². The van der Waals surface area contributed by atoms with Gasteiger partial charge in [0.05, 0.1) is 5.92 Å².